The number of hydrogen-bond acceptors (Lipinski definition) is 7. The quantitative estimate of drug-likeness (QED) is 0.245. The molecule has 0 saturated carbocycles. The van der Waals surface area contributed by atoms with Gasteiger partial charge >= 0.3 is 0 Å². The largest absolute Gasteiger partial charge is 0.497 e. The zero-order valence-electron chi connectivity index (χ0n) is 17.4. The van der Waals surface area contributed by atoms with E-state index in [1.165, 1.54) is 50.4 Å². The molecule has 0 aliphatic heterocycles. The molecule has 0 unspecified atom stereocenters. The second-order valence-electron chi connectivity index (χ2n) is 6.66. The van der Waals surface area contributed by atoms with E-state index in [4.69, 9.17) is 4.74 Å². The number of ketones is 1. The van der Waals surface area contributed by atoms with Crippen molar-refractivity contribution >= 4 is 37.9 Å². The third-order valence-electron chi connectivity index (χ3n) is 4.35. The number of nitrogens with zero attached hydrogens (tertiary/aromatic N) is 1. The molecule has 3 aromatic carbocycles. The number of Topliss-reactive ketones (excluding diaryl/α,β-unsaturated/α-hetero) is 1. The number of sulfone groups is 1. The van der Waals surface area contributed by atoms with Crippen LogP contribution in [0, 0.1) is 0 Å². The van der Waals surface area contributed by atoms with Crippen LogP contribution in [0.5, 0.6) is 5.75 Å². The summed E-state index contributed by atoms with van der Waals surface area (Å²) in [7, 11) is -2.75. The monoisotopic (exact) mass is 451 g/mol. The Kier molecular flexibility index (Phi) is 7.01. The molecule has 3 rings (SSSR count). The van der Waals surface area contributed by atoms with Gasteiger partial charge < -0.3 is 10.1 Å². The summed E-state index contributed by atoms with van der Waals surface area (Å²) in [4.78, 5) is 24.1. The molecule has 0 aliphatic carbocycles. The van der Waals surface area contributed by atoms with Gasteiger partial charge in [-0.2, -0.15) is 5.10 Å². The normalized spacial score (nSPS) is 11.5. The number of hydrazone groups is 1. The highest BCUT2D eigenvalue weighted by molar-refractivity contribution is 8.08. The molecule has 9 heteroatoms. The molecule has 0 aromatic heterocycles. The third-order valence-corrected chi connectivity index (χ3v) is 6.02. The minimum absolute atomic E-state index is 0.133. The molecule has 0 saturated heterocycles. The average Bonchev–Trinajstić information content (AvgIpc) is 2.80. The zero-order chi connectivity index (χ0) is 23.1. The number of benzene rings is 3. The van der Waals surface area contributed by atoms with Gasteiger partial charge in [-0.3, -0.25) is 15.0 Å². The maximum absolute atomic E-state index is 13.3. The summed E-state index contributed by atoms with van der Waals surface area (Å²) in [6.07, 6.45) is 0. The first-order valence-electron chi connectivity index (χ1n) is 9.51. The zero-order valence-corrected chi connectivity index (χ0v) is 18.2. The number of anilines is 2. The van der Waals surface area contributed by atoms with Crippen LogP contribution in [0.15, 0.2) is 88.9 Å². The predicted octanol–water partition coefficient (Wildman–Crippen LogP) is 3.74. The Bertz CT molecular complexity index is 1240. The number of rotatable bonds is 7. The van der Waals surface area contributed by atoms with Gasteiger partial charge in [0.05, 0.1) is 17.7 Å². The Hall–Kier alpha value is -3.98. The lowest BCUT2D eigenvalue weighted by atomic mass is 10.1. The smallest absolute Gasteiger partial charge is 0.229 e. The molecule has 8 nitrogen and oxygen atoms in total. The van der Waals surface area contributed by atoms with Gasteiger partial charge in [-0.1, -0.05) is 30.3 Å². The average molecular weight is 452 g/mol. The van der Waals surface area contributed by atoms with Crippen molar-refractivity contribution in [1.82, 2.24) is 0 Å². The molecule has 164 valence electrons. The van der Waals surface area contributed by atoms with Crippen molar-refractivity contribution in [2.45, 2.75) is 11.8 Å². The Morgan fingerprint density at radius 1 is 0.844 bits per heavy atom. The summed E-state index contributed by atoms with van der Waals surface area (Å²) in [5.74, 6) is -0.421. The highest BCUT2D eigenvalue weighted by Crippen LogP contribution is 2.20. The Labute approximate surface area is 185 Å². The molecule has 3 aromatic rings. The van der Waals surface area contributed by atoms with Crippen molar-refractivity contribution in [2.75, 3.05) is 17.9 Å². The molecule has 0 heterocycles. The second kappa shape index (κ2) is 9.88. The standard InChI is InChI=1S/C23H21N3O5S/c1-16(27)24-18-10-14-21(15-11-18)32(29,30)23(22(28)17-6-4-3-5-7-17)26-25-19-8-12-20(31-2)13-9-19/h3-15,25H,1-2H3,(H,24,27)/b26-23-. The van der Waals surface area contributed by atoms with Gasteiger partial charge in [-0.15, -0.1) is 0 Å². The van der Waals surface area contributed by atoms with Crippen molar-refractivity contribution in [3.05, 3.63) is 84.4 Å². The maximum Gasteiger partial charge on any atom is 0.229 e. The summed E-state index contributed by atoms with van der Waals surface area (Å²) in [6, 6.07) is 20.1. The molecule has 0 spiro atoms. The molecule has 0 fully saturated rings. The number of hydrogen-bond donors (Lipinski definition) is 2. The van der Waals surface area contributed by atoms with Crippen molar-refractivity contribution in [3.63, 3.8) is 0 Å². The van der Waals surface area contributed by atoms with Gasteiger partial charge in [0.2, 0.25) is 26.6 Å². The van der Waals surface area contributed by atoms with E-state index < -0.39 is 20.7 Å². The van der Waals surface area contributed by atoms with Crippen LogP contribution in [0.4, 0.5) is 11.4 Å². The third kappa shape index (κ3) is 5.38. The summed E-state index contributed by atoms with van der Waals surface area (Å²) in [5, 5.41) is 5.87. The van der Waals surface area contributed by atoms with Crippen LogP contribution in [0.1, 0.15) is 17.3 Å². The van der Waals surface area contributed by atoms with E-state index in [1.807, 2.05) is 0 Å². The van der Waals surface area contributed by atoms with E-state index in [-0.39, 0.29) is 16.4 Å². The number of ether oxygens (including phenoxy) is 1. The fourth-order valence-corrected chi connectivity index (χ4v) is 4.00. The maximum atomic E-state index is 13.3. The highest BCUT2D eigenvalue weighted by Gasteiger charge is 2.30. The number of amides is 1. The lowest BCUT2D eigenvalue weighted by Crippen LogP contribution is -2.26. The summed E-state index contributed by atoms with van der Waals surface area (Å²) in [5.41, 5.74) is 3.72. The van der Waals surface area contributed by atoms with E-state index in [2.05, 4.69) is 15.8 Å². The van der Waals surface area contributed by atoms with Gasteiger partial charge in [0, 0.05) is 18.2 Å². The number of carbonyl (C=O) groups is 2. The Morgan fingerprint density at radius 3 is 2.00 bits per heavy atom. The Balaban J connectivity index is 2.00. The SMILES string of the molecule is COc1ccc(N/N=C(/C(=O)c2ccccc2)S(=O)(=O)c2ccc(NC(C)=O)cc2)cc1. The molecule has 2 N–H and O–H groups in total. The van der Waals surface area contributed by atoms with Gasteiger partial charge in [0.15, 0.2) is 0 Å². The van der Waals surface area contributed by atoms with Gasteiger partial charge in [0.25, 0.3) is 0 Å². The molecule has 1 amide bonds. The first-order valence-corrected chi connectivity index (χ1v) is 11.0. The molecule has 0 radical (unpaired) electrons. The van der Waals surface area contributed by atoms with E-state index in [9.17, 15) is 18.0 Å². The van der Waals surface area contributed by atoms with Crippen LogP contribution in [-0.2, 0) is 14.6 Å². The van der Waals surface area contributed by atoms with Crippen molar-refractivity contribution < 1.29 is 22.7 Å². The van der Waals surface area contributed by atoms with E-state index in [1.54, 1.807) is 42.5 Å². The van der Waals surface area contributed by atoms with Gasteiger partial charge in [-0.25, -0.2) is 8.42 Å². The minimum atomic E-state index is -4.28. The fourth-order valence-electron chi connectivity index (χ4n) is 2.76. The molecule has 0 atom stereocenters. The van der Waals surface area contributed by atoms with E-state index in [0.717, 1.165) is 0 Å². The van der Waals surface area contributed by atoms with Crippen LogP contribution in [0.3, 0.4) is 0 Å². The predicted molar refractivity (Wildman–Crippen MR) is 123 cm³/mol. The van der Waals surface area contributed by atoms with Gasteiger partial charge in [-0.05, 0) is 48.5 Å². The summed E-state index contributed by atoms with van der Waals surface area (Å²) in [6.45, 7) is 1.35. The first kappa shape index (κ1) is 22.7. The molecular weight excluding hydrogens is 430 g/mol. The second-order valence-corrected chi connectivity index (χ2v) is 8.53. The lowest BCUT2D eigenvalue weighted by Gasteiger charge is -2.10. The number of carbonyl (C=O) groups excluding carboxylic acids is 2. The minimum Gasteiger partial charge on any atom is -0.497 e. The topological polar surface area (TPSA) is 114 Å². The molecule has 32 heavy (non-hydrogen) atoms. The van der Waals surface area contributed by atoms with E-state index >= 15 is 0 Å². The van der Waals surface area contributed by atoms with Crippen LogP contribution in [0.2, 0.25) is 0 Å². The Morgan fingerprint density at radius 2 is 1.44 bits per heavy atom. The molecular formula is C23H21N3O5S. The van der Waals surface area contributed by atoms with Crippen LogP contribution in [0.25, 0.3) is 0 Å². The van der Waals surface area contributed by atoms with Crippen LogP contribution in [-0.4, -0.2) is 32.3 Å². The number of methoxy groups -OCH3 is 1. The van der Waals surface area contributed by atoms with Crippen molar-refractivity contribution in [2.24, 2.45) is 5.10 Å². The lowest BCUT2D eigenvalue weighted by molar-refractivity contribution is -0.114. The van der Waals surface area contributed by atoms with Crippen molar-refractivity contribution in [3.8, 4) is 5.75 Å². The highest BCUT2D eigenvalue weighted by atomic mass is 32.2. The van der Waals surface area contributed by atoms with E-state index in [0.29, 0.717) is 17.1 Å². The summed E-state index contributed by atoms with van der Waals surface area (Å²) >= 11 is 0. The fraction of sp³-hybridized carbons (Fsp3) is 0.0870. The van der Waals surface area contributed by atoms with Crippen molar-refractivity contribution in [1.29, 1.82) is 0 Å². The summed E-state index contributed by atoms with van der Waals surface area (Å²) < 4.78 is 31.7. The van der Waals surface area contributed by atoms with Crippen LogP contribution < -0.4 is 15.5 Å². The molecule has 0 bridgehead atoms. The molecule has 0 aliphatic rings. The first-order chi connectivity index (χ1) is 15.3. The number of nitrogens with one attached hydrogen (secondary N) is 2. The van der Waals surface area contributed by atoms with Crippen LogP contribution >= 0.6 is 0 Å². The van der Waals surface area contributed by atoms with Gasteiger partial charge in [0.1, 0.15) is 5.75 Å².